The summed E-state index contributed by atoms with van der Waals surface area (Å²) in [7, 11) is -5.66. The zero-order chi connectivity index (χ0) is 15.1. The Balaban J connectivity index is -0.0000000813. The zero-order valence-electron chi connectivity index (χ0n) is 11.9. The van der Waals surface area contributed by atoms with Crippen LogP contribution in [-0.4, -0.2) is 21.7 Å². The second kappa shape index (κ2) is 10.8. The third kappa shape index (κ3) is 88.4. The van der Waals surface area contributed by atoms with Crippen LogP contribution in [0.2, 0.25) is 39.3 Å². The van der Waals surface area contributed by atoms with E-state index in [0.717, 1.165) is 0 Å². The fourth-order valence-corrected chi connectivity index (χ4v) is 0. The minimum absolute atomic E-state index is 0. The van der Waals surface area contributed by atoms with Gasteiger partial charge >= 0.3 is 31.4 Å². The van der Waals surface area contributed by atoms with Crippen LogP contribution >= 0.6 is 0 Å². The molecule has 0 aromatic carbocycles. The van der Waals surface area contributed by atoms with Gasteiger partial charge in [0.2, 0.25) is 0 Å². The topological polar surface area (TPSA) is 34.1 Å². The van der Waals surface area contributed by atoms with Gasteiger partial charge in [-0.1, -0.05) is 39.3 Å². The average Bonchev–Trinajstić information content (AvgIpc) is 1.74. The standard InChI is InChI=1S/2C4H11Si.CF3O2S.Sc/c2*1-5(2,3)4;2-1(3,4)7(5)6;/h2*1H2,2-4H3;;/q3*-1;+3. The fourth-order valence-electron chi connectivity index (χ4n) is 0. The van der Waals surface area contributed by atoms with Gasteiger partial charge < -0.3 is 21.5 Å². The maximum Gasteiger partial charge on any atom is 3.00 e. The van der Waals surface area contributed by atoms with Gasteiger partial charge in [-0.25, -0.2) is 0 Å². The minimum atomic E-state index is -5.08. The van der Waals surface area contributed by atoms with Crippen LogP contribution < -0.4 is 0 Å². The molecule has 0 saturated heterocycles. The van der Waals surface area contributed by atoms with Crippen molar-refractivity contribution in [1.29, 1.82) is 0 Å². The second-order valence-electron chi connectivity index (χ2n) is 5.80. The van der Waals surface area contributed by atoms with Crippen LogP contribution in [0.15, 0.2) is 0 Å². The van der Waals surface area contributed by atoms with Crippen LogP contribution in [0.4, 0.5) is 13.2 Å². The predicted molar refractivity (Wildman–Crippen MR) is 72.2 cm³/mol. The molecular weight excluding hydrogens is 330 g/mol. The predicted octanol–water partition coefficient (Wildman–Crippen LogP) is 4.21. The number of hydrogen-bond acceptors (Lipinski definition) is 3. The normalized spacial score (nSPS) is 11.6. The summed E-state index contributed by atoms with van der Waals surface area (Å²) in [5, 5.41) is 0. The third-order valence-electron chi connectivity index (χ3n) is 0.189. The monoisotopic (exact) mass is 352 g/mol. The number of rotatable bonds is 0. The molecule has 0 aromatic rings. The molecule has 0 aliphatic heterocycles. The molecule has 0 rings (SSSR count). The van der Waals surface area contributed by atoms with Crippen molar-refractivity contribution >= 4 is 26.9 Å². The summed E-state index contributed by atoms with van der Waals surface area (Å²) < 4.78 is 49.5. The summed E-state index contributed by atoms with van der Waals surface area (Å²) in [5.74, 6) is 0. The maximum absolute atomic E-state index is 10.6. The van der Waals surface area contributed by atoms with Crippen LogP contribution in [0.5, 0.6) is 0 Å². The van der Waals surface area contributed by atoms with Crippen LogP contribution in [0, 0.1) is 13.1 Å². The number of alkyl halides is 3. The first kappa shape index (κ1) is 27.4. The van der Waals surface area contributed by atoms with Crippen molar-refractivity contribution in [3.8, 4) is 0 Å². The fraction of sp³-hybridized carbons (Fsp3) is 0.778. The molecule has 9 heteroatoms. The van der Waals surface area contributed by atoms with Gasteiger partial charge in [-0.05, 0) is 0 Å². The van der Waals surface area contributed by atoms with Crippen molar-refractivity contribution in [3.63, 3.8) is 0 Å². The Kier molecular flexibility index (Phi) is 16.4. The Morgan fingerprint density at radius 2 is 0.889 bits per heavy atom. The van der Waals surface area contributed by atoms with E-state index in [4.69, 9.17) is 8.42 Å². The van der Waals surface area contributed by atoms with Gasteiger partial charge in [0.15, 0.2) is 0 Å². The largest absolute Gasteiger partial charge is 3.00 e. The van der Waals surface area contributed by atoms with E-state index in [1.54, 1.807) is 0 Å². The average molecular weight is 352 g/mol. The molecule has 0 heterocycles. The summed E-state index contributed by atoms with van der Waals surface area (Å²) in [6, 6.07) is 0. The molecule has 0 fully saturated rings. The number of halogens is 3. The molecule has 0 atom stereocenters. The summed E-state index contributed by atoms with van der Waals surface area (Å²) in [5.41, 5.74) is -5.08. The zero-order valence-corrected chi connectivity index (χ0v) is 16.5. The number of hydrogen-bond donors (Lipinski definition) is 0. The minimum Gasteiger partial charge on any atom is -0.416 e. The molecule has 18 heavy (non-hydrogen) atoms. The molecule has 0 aromatic heterocycles. The van der Waals surface area contributed by atoms with E-state index >= 15 is 0 Å². The van der Waals surface area contributed by atoms with E-state index in [9.17, 15) is 13.2 Å². The van der Waals surface area contributed by atoms with E-state index in [0.29, 0.717) is 0 Å². The Morgan fingerprint density at radius 1 is 0.833 bits per heavy atom. The Bertz CT molecular complexity index is 236. The van der Waals surface area contributed by atoms with Gasteiger partial charge in [0.25, 0.3) is 0 Å². The van der Waals surface area contributed by atoms with Crippen molar-refractivity contribution in [3.05, 3.63) is 13.1 Å². The van der Waals surface area contributed by atoms with Crippen LogP contribution in [0.3, 0.4) is 0 Å². The molecule has 0 saturated carbocycles. The Labute approximate surface area is 131 Å². The van der Waals surface area contributed by atoms with E-state index in [1.165, 1.54) is 0 Å². The van der Waals surface area contributed by atoms with Gasteiger partial charge in [0.1, 0.15) is 0 Å². The van der Waals surface area contributed by atoms with E-state index in [2.05, 4.69) is 52.4 Å². The van der Waals surface area contributed by atoms with E-state index in [1.807, 2.05) is 0 Å². The summed E-state index contributed by atoms with van der Waals surface area (Å²) in [6.45, 7) is 21.1. The van der Waals surface area contributed by atoms with Gasteiger partial charge in [-0.3, -0.25) is 0 Å². The van der Waals surface area contributed by atoms with Gasteiger partial charge in [0, 0.05) is 10.7 Å². The van der Waals surface area contributed by atoms with E-state index in [-0.39, 0.29) is 25.8 Å². The van der Waals surface area contributed by atoms with Gasteiger partial charge in [-0.15, -0.1) is 16.1 Å². The Hall–Kier alpha value is 1.04. The van der Waals surface area contributed by atoms with Crippen LogP contribution in [0.25, 0.3) is 0 Å². The summed E-state index contributed by atoms with van der Waals surface area (Å²) in [6.07, 6.45) is 0. The van der Waals surface area contributed by atoms with Crippen molar-refractivity contribution in [1.82, 2.24) is 0 Å². The van der Waals surface area contributed by atoms with Crippen molar-refractivity contribution in [2.75, 3.05) is 0 Å². The maximum atomic E-state index is 10.6. The summed E-state index contributed by atoms with van der Waals surface area (Å²) >= 11 is 0. The summed E-state index contributed by atoms with van der Waals surface area (Å²) in [4.78, 5) is 0. The van der Waals surface area contributed by atoms with E-state index < -0.39 is 32.4 Å². The first-order valence-corrected chi connectivity index (χ1v) is 13.3. The van der Waals surface area contributed by atoms with Gasteiger partial charge in [-0.2, -0.15) is 13.2 Å². The molecule has 0 unspecified atom stereocenters. The quantitative estimate of drug-likeness (QED) is 0.372. The van der Waals surface area contributed by atoms with Crippen molar-refractivity contribution < 1.29 is 47.4 Å². The molecule has 2 nitrogen and oxygen atoms in total. The molecule has 0 bridgehead atoms. The third-order valence-corrected chi connectivity index (χ3v) is 0.567. The molecular formula is C9H22F3O2SScSi2. The van der Waals surface area contributed by atoms with Crippen LogP contribution in [-0.2, 0) is 45.0 Å². The molecule has 0 amide bonds. The first-order chi connectivity index (χ1) is 6.94. The molecule has 0 aliphatic carbocycles. The molecule has 0 aliphatic rings. The van der Waals surface area contributed by atoms with Crippen LogP contribution in [0.1, 0.15) is 0 Å². The van der Waals surface area contributed by atoms with Crippen molar-refractivity contribution in [2.45, 2.75) is 44.8 Å². The first-order valence-electron chi connectivity index (χ1n) is 4.81. The molecule has 0 N–H and O–H groups in total. The molecule has 0 radical (unpaired) electrons. The smallest absolute Gasteiger partial charge is 0.416 e. The molecule has 0 spiro atoms. The van der Waals surface area contributed by atoms with Gasteiger partial charge in [0.05, 0.1) is 0 Å². The Morgan fingerprint density at radius 3 is 0.889 bits per heavy atom. The van der Waals surface area contributed by atoms with Crippen molar-refractivity contribution in [2.24, 2.45) is 0 Å². The molecule has 108 valence electrons. The SMILES string of the molecule is O=[S-](=O)C(F)(F)F.[CH2-][Si](C)(C)C.[CH2-][Si](C)(C)C.[Sc+3]. The second-order valence-corrected chi connectivity index (χ2v) is 17.0.